The number of nitriles is 1. The molecule has 6 N–H and O–H groups in total. The summed E-state index contributed by atoms with van der Waals surface area (Å²) in [5, 5.41) is 69.4. The quantitative estimate of drug-likeness (QED) is 0.296. The fraction of sp³-hybridized carbons (Fsp3) is 0.667. The molecule has 1 aliphatic carbocycles. The van der Waals surface area contributed by atoms with Crippen LogP contribution in [0.1, 0.15) is 24.5 Å². The first-order chi connectivity index (χ1) is 14.8. The highest BCUT2D eigenvalue weighted by Gasteiger charge is 2.45. The van der Waals surface area contributed by atoms with Gasteiger partial charge in [0.15, 0.2) is 12.4 Å². The molecule has 10 heteroatoms. The van der Waals surface area contributed by atoms with Gasteiger partial charge in [-0.05, 0) is 12.0 Å². The molecule has 10 atom stereocenters. The van der Waals surface area contributed by atoms with E-state index in [2.05, 4.69) is 0 Å². The summed E-state index contributed by atoms with van der Waals surface area (Å²) < 4.78 is 16.8. The van der Waals surface area contributed by atoms with Crippen molar-refractivity contribution >= 4 is 0 Å². The second-order valence-corrected chi connectivity index (χ2v) is 7.98. The molecule has 3 rings (SSSR count). The van der Waals surface area contributed by atoms with Gasteiger partial charge in [-0.25, -0.2) is 0 Å². The van der Waals surface area contributed by atoms with E-state index in [0.717, 1.165) is 0 Å². The SMILES string of the molecule is N#CC(O[C@@H]1C[C@H](CO[C@H]2C[C@@H](O)[C@H](O)[C@@H](CO)O2)[C@@H](O)[C@H](O)[C@H]1O)c1ccccc1. The van der Waals surface area contributed by atoms with Crippen LogP contribution in [-0.4, -0.2) is 92.9 Å². The third-order valence-corrected chi connectivity index (χ3v) is 5.84. The molecule has 1 heterocycles. The van der Waals surface area contributed by atoms with Crippen molar-refractivity contribution in [1.82, 2.24) is 0 Å². The van der Waals surface area contributed by atoms with Gasteiger partial charge in [0.1, 0.15) is 24.4 Å². The van der Waals surface area contributed by atoms with Crippen LogP contribution < -0.4 is 0 Å². The third kappa shape index (κ3) is 5.59. The summed E-state index contributed by atoms with van der Waals surface area (Å²) in [5.41, 5.74) is 0.601. The maximum atomic E-state index is 10.4. The van der Waals surface area contributed by atoms with E-state index in [0.29, 0.717) is 5.56 Å². The molecule has 2 fully saturated rings. The van der Waals surface area contributed by atoms with Crippen molar-refractivity contribution in [3.63, 3.8) is 0 Å². The van der Waals surface area contributed by atoms with E-state index in [4.69, 9.17) is 14.2 Å². The molecular formula is C21H29NO9. The zero-order valence-electron chi connectivity index (χ0n) is 16.8. The van der Waals surface area contributed by atoms with Crippen LogP contribution in [0.15, 0.2) is 30.3 Å². The highest BCUT2D eigenvalue weighted by molar-refractivity contribution is 5.22. The van der Waals surface area contributed by atoms with E-state index in [9.17, 15) is 35.9 Å². The first-order valence-electron chi connectivity index (χ1n) is 10.2. The summed E-state index contributed by atoms with van der Waals surface area (Å²) in [4.78, 5) is 0. The minimum atomic E-state index is -1.51. The second-order valence-electron chi connectivity index (χ2n) is 7.98. The lowest BCUT2D eigenvalue weighted by Gasteiger charge is -2.42. The van der Waals surface area contributed by atoms with E-state index in [-0.39, 0.29) is 19.4 Å². The zero-order valence-corrected chi connectivity index (χ0v) is 16.8. The molecule has 31 heavy (non-hydrogen) atoms. The van der Waals surface area contributed by atoms with Gasteiger partial charge in [-0.15, -0.1) is 0 Å². The smallest absolute Gasteiger partial charge is 0.169 e. The molecule has 1 saturated carbocycles. The number of hydrogen-bond acceptors (Lipinski definition) is 10. The van der Waals surface area contributed by atoms with Crippen LogP contribution in [0.2, 0.25) is 0 Å². The number of aliphatic hydroxyl groups is 6. The maximum absolute atomic E-state index is 10.4. The Morgan fingerprint density at radius 3 is 2.35 bits per heavy atom. The van der Waals surface area contributed by atoms with Crippen LogP contribution in [0, 0.1) is 17.2 Å². The van der Waals surface area contributed by atoms with Gasteiger partial charge in [0.25, 0.3) is 0 Å². The van der Waals surface area contributed by atoms with Crippen LogP contribution >= 0.6 is 0 Å². The number of ether oxygens (including phenoxy) is 3. The Hall–Kier alpha value is -1.65. The van der Waals surface area contributed by atoms with Crippen LogP contribution in [0.4, 0.5) is 0 Å². The molecule has 10 nitrogen and oxygen atoms in total. The summed E-state index contributed by atoms with van der Waals surface area (Å²) in [6.45, 7) is -0.598. The Labute approximate surface area is 179 Å². The van der Waals surface area contributed by atoms with Gasteiger partial charge in [-0.2, -0.15) is 5.26 Å². The Morgan fingerprint density at radius 2 is 1.71 bits per heavy atom. The number of rotatable bonds is 7. The molecule has 0 aromatic heterocycles. The van der Waals surface area contributed by atoms with Crippen molar-refractivity contribution in [2.45, 2.75) is 68.0 Å². The van der Waals surface area contributed by atoms with Gasteiger partial charge in [0.05, 0.1) is 37.6 Å². The lowest BCUT2D eigenvalue weighted by molar-refractivity contribution is -0.267. The van der Waals surface area contributed by atoms with E-state index in [1.807, 2.05) is 6.07 Å². The summed E-state index contributed by atoms with van der Waals surface area (Å²) in [7, 11) is 0. The molecule has 0 bridgehead atoms. The largest absolute Gasteiger partial charge is 0.394 e. The molecule has 0 radical (unpaired) electrons. The van der Waals surface area contributed by atoms with Crippen molar-refractivity contribution in [2.24, 2.45) is 5.92 Å². The first kappa shape index (κ1) is 24.0. The second kappa shape index (κ2) is 10.8. The van der Waals surface area contributed by atoms with Gasteiger partial charge in [-0.1, -0.05) is 30.3 Å². The lowest BCUT2D eigenvalue weighted by Crippen LogP contribution is -2.56. The molecular weight excluding hydrogens is 410 g/mol. The number of nitrogens with zero attached hydrogens (tertiary/aromatic N) is 1. The van der Waals surface area contributed by atoms with Crippen LogP contribution in [-0.2, 0) is 14.2 Å². The lowest BCUT2D eigenvalue weighted by atomic mass is 9.81. The van der Waals surface area contributed by atoms with Crippen molar-refractivity contribution in [3.05, 3.63) is 35.9 Å². The molecule has 0 spiro atoms. The minimum Gasteiger partial charge on any atom is -0.394 e. The zero-order chi connectivity index (χ0) is 22.5. The van der Waals surface area contributed by atoms with Gasteiger partial charge in [-0.3, -0.25) is 0 Å². The fourth-order valence-electron chi connectivity index (χ4n) is 3.97. The minimum absolute atomic E-state index is 0.0316. The topological polar surface area (TPSA) is 173 Å². The molecule has 1 unspecified atom stereocenters. The predicted molar refractivity (Wildman–Crippen MR) is 104 cm³/mol. The average Bonchev–Trinajstić information content (AvgIpc) is 2.79. The summed E-state index contributed by atoms with van der Waals surface area (Å²) in [6, 6.07) is 10.8. The Kier molecular flexibility index (Phi) is 8.35. The van der Waals surface area contributed by atoms with Gasteiger partial charge >= 0.3 is 0 Å². The summed E-state index contributed by atoms with van der Waals surface area (Å²) in [5.74, 6) is -0.654. The van der Waals surface area contributed by atoms with Crippen molar-refractivity contribution < 1.29 is 44.8 Å². The molecule has 1 saturated heterocycles. The molecule has 1 aromatic carbocycles. The highest BCUT2D eigenvalue weighted by Crippen LogP contribution is 2.32. The Bertz CT molecular complexity index is 729. The highest BCUT2D eigenvalue weighted by atomic mass is 16.7. The average molecular weight is 439 g/mol. The van der Waals surface area contributed by atoms with Crippen LogP contribution in [0.3, 0.4) is 0 Å². The van der Waals surface area contributed by atoms with Gasteiger partial charge in [0.2, 0.25) is 0 Å². The molecule has 0 amide bonds. The van der Waals surface area contributed by atoms with Crippen molar-refractivity contribution in [1.29, 1.82) is 5.26 Å². The van der Waals surface area contributed by atoms with Gasteiger partial charge < -0.3 is 44.8 Å². The fourth-order valence-corrected chi connectivity index (χ4v) is 3.97. The van der Waals surface area contributed by atoms with E-state index in [1.165, 1.54) is 0 Å². The van der Waals surface area contributed by atoms with E-state index in [1.54, 1.807) is 30.3 Å². The number of aliphatic hydroxyl groups excluding tert-OH is 6. The Balaban J connectivity index is 1.62. The maximum Gasteiger partial charge on any atom is 0.169 e. The van der Waals surface area contributed by atoms with Crippen LogP contribution in [0.25, 0.3) is 0 Å². The van der Waals surface area contributed by atoms with Gasteiger partial charge in [0, 0.05) is 12.3 Å². The number of hydrogen-bond donors (Lipinski definition) is 6. The first-order valence-corrected chi connectivity index (χ1v) is 10.2. The monoisotopic (exact) mass is 439 g/mol. The van der Waals surface area contributed by atoms with Crippen molar-refractivity contribution in [3.8, 4) is 6.07 Å². The van der Waals surface area contributed by atoms with Crippen LogP contribution in [0.5, 0.6) is 0 Å². The molecule has 1 aliphatic heterocycles. The molecule has 172 valence electrons. The standard InChI is InChI=1S/C21H29NO9/c22-8-15(11-4-2-1-3-5-11)30-14-6-12(18(25)21(28)20(14)27)10-29-17-7-13(24)19(26)16(9-23)31-17/h1-5,12-21,23-28H,6-7,9-10H2/t12-,13-,14-,15?,16-,17-,18-,19+,20+,21+/m1/s1. The predicted octanol–water partition coefficient (Wildman–Crippen LogP) is -1.42. The number of benzene rings is 1. The summed E-state index contributed by atoms with van der Waals surface area (Å²) in [6.07, 6.45) is -10.3. The van der Waals surface area contributed by atoms with E-state index < -0.39 is 67.6 Å². The van der Waals surface area contributed by atoms with Crippen molar-refractivity contribution in [2.75, 3.05) is 13.2 Å². The third-order valence-electron chi connectivity index (χ3n) is 5.84. The summed E-state index contributed by atoms with van der Waals surface area (Å²) >= 11 is 0. The van der Waals surface area contributed by atoms with E-state index >= 15 is 0 Å². The molecule has 1 aromatic rings. The molecule has 2 aliphatic rings. The Morgan fingerprint density at radius 1 is 1.00 bits per heavy atom. The normalized spacial score (nSPS) is 39.6.